The zero-order chi connectivity index (χ0) is 34.0. The molecule has 1 aromatic heterocycles. The minimum absolute atomic E-state index is 0.00966. The Bertz CT molecular complexity index is 2050. The van der Waals surface area contributed by atoms with Crippen molar-refractivity contribution in [3.63, 3.8) is 0 Å². The van der Waals surface area contributed by atoms with Gasteiger partial charge in [-0.05, 0) is 97.3 Å². The first kappa shape index (κ1) is 32.0. The molecule has 3 aromatic carbocycles. The maximum absolute atomic E-state index is 14.0. The van der Waals surface area contributed by atoms with Gasteiger partial charge in [-0.2, -0.15) is 0 Å². The summed E-state index contributed by atoms with van der Waals surface area (Å²) >= 11 is 6.27. The van der Waals surface area contributed by atoms with E-state index in [1.807, 2.05) is 30.3 Å². The number of H-pyrrole nitrogens is 1. The summed E-state index contributed by atoms with van der Waals surface area (Å²) in [5.74, 6) is -1.51. The average molecular weight is 761 g/mol. The van der Waals surface area contributed by atoms with Gasteiger partial charge in [0.25, 0.3) is 5.91 Å². The monoisotopic (exact) mass is 759 g/mol. The van der Waals surface area contributed by atoms with Crippen molar-refractivity contribution in [1.82, 2.24) is 4.98 Å². The number of carbonyl (C=O) groups is 4. The highest BCUT2D eigenvalue weighted by atomic mass is 79.9. The Morgan fingerprint density at radius 3 is 2.45 bits per heavy atom. The number of ether oxygens (including phenoxy) is 2. The van der Waals surface area contributed by atoms with Crippen LogP contribution in [0.5, 0.6) is 5.75 Å². The van der Waals surface area contributed by atoms with Gasteiger partial charge in [0.15, 0.2) is 6.61 Å². The van der Waals surface area contributed by atoms with Gasteiger partial charge in [0.05, 0.1) is 34.7 Å². The van der Waals surface area contributed by atoms with Gasteiger partial charge in [0.1, 0.15) is 5.75 Å². The lowest BCUT2D eigenvalue weighted by Crippen LogP contribution is -2.42. The molecule has 3 fully saturated rings. The highest BCUT2D eigenvalue weighted by Crippen LogP contribution is 2.68. The van der Waals surface area contributed by atoms with E-state index < -0.39 is 11.9 Å². The second kappa shape index (κ2) is 12.6. The highest BCUT2D eigenvalue weighted by Gasteiger charge is 2.69. The molecule has 2 N–H and O–H groups in total. The van der Waals surface area contributed by atoms with Crippen molar-refractivity contribution >= 4 is 74.1 Å². The fraction of sp³-hybridized carbons (Fsp3) is 0.306. The molecule has 49 heavy (non-hydrogen) atoms. The number of nitrogens with one attached hydrogen (secondary N) is 2. The smallest absolute Gasteiger partial charge is 0.338 e. The molecule has 4 aromatic rings. The van der Waals surface area contributed by atoms with Gasteiger partial charge in [-0.1, -0.05) is 39.4 Å². The van der Waals surface area contributed by atoms with Crippen LogP contribution in [-0.2, 0) is 19.1 Å². The fourth-order valence-corrected chi connectivity index (χ4v) is 11.4. The Morgan fingerprint density at radius 2 is 1.71 bits per heavy atom. The zero-order valence-electron chi connectivity index (χ0n) is 26.1. The Labute approximate surface area is 297 Å². The number of fused-ring (bicyclic) bond motifs is 9. The number of thiazole rings is 1. The topological polar surface area (TPSA) is 135 Å². The molecular formula is C36H30BrN3O7S2. The van der Waals surface area contributed by atoms with E-state index >= 15 is 0 Å². The van der Waals surface area contributed by atoms with Crippen molar-refractivity contribution in [2.24, 2.45) is 29.6 Å². The van der Waals surface area contributed by atoms with Crippen LogP contribution in [0.2, 0.25) is 0 Å². The molecule has 8 rings (SSSR count). The summed E-state index contributed by atoms with van der Waals surface area (Å²) in [6.07, 6.45) is 0.788. The molecule has 0 unspecified atom stereocenters. The number of aromatic nitrogens is 1. The molecule has 10 nitrogen and oxygen atoms in total. The van der Waals surface area contributed by atoms with Gasteiger partial charge < -0.3 is 19.8 Å². The largest absolute Gasteiger partial charge is 0.484 e. The molecule has 2 bridgehead atoms. The van der Waals surface area contributed by atoms with E-state index in [0.29, 0.717) is 22.7 Å². The van der Waals surface area contributed by atoms with Crippen LogP contribution >= 0.6 is 39.0 Å². The Kier molecular flexibility index (Phi) is 8.24. The van der Waals surface area contributed by atoms with E-state index in [4.69, 9.17) is 9.47 Å². The number of rotatable bonds is 8. The number of carbonyl (C=O) groups excluding carboxylic acids is 4. The molecule has 250 valence electrons. The number of anilines is 2. The number of halogens is 1. The van der Waals surface area contributed by atoms with Gasteiger partial charge >= 0.3 is 10.8 Å². The number of aromatic amines is 1. The first-order valence-corrected chi connectivity index (χ1v) is 18.5. The predicted molar refractivity (Wildman–Crippen MR) is 188 cm³/mol. The summed E-state index contributed by atoms with van der Waals surface area (Å²) < 4.78 is 11.8. The van der Waals surface area contributed by atoms with Crippen LogP contribution in [0, 0.1) is 29.6 Å². The van der Waals surface area contributed by atoms with Gasteiger partial charge in [0, 0.05) is 26.2 Å². The summed E-state index contributed by atoms with van der Waals surface area (Å²) in [5, 5.41) is 3.66. The number of imide groups is 1. The molecule has 2 aliphatic carbocycles. The number of hydrogen-bond donors (Lipinski definition) is 2. The van der Waals surface area contributed by atoms with E-state index in [-0.39, 0.29) is 70.6 Å². The highest BCUT2D eigenvalue weighted by molar-refractivity contribution is 9.10. The minimum atomic E-state index is -0.429. The summed E-state index contributed by atoms with van der Waals surface area (Å²) in [4.78, 5) is 70.4. The maximum atomic E-state index is 14.0. The van der Waals surface area contributed by atoms with E-state index in [9.17, 15) is 24.0 Å². The van der Waals surface area contributed by atoms with E-state index in [1.165, 1.54) is 16.2 Å². The van der Waals surface area contributed by atoms with Crippen LogP contribution in [0.15, 0.2) is 87.1 Å². The van der Waals surface area contributed by atoms with Crippen LogP contribution in [0.3, 0.4) is 0 Å². The standard InChI is InChI=1S/C36H30BrN3O7S2/c1-2-46-35(44)17-6-10-20(11-7-17)38-25(41)16-47-22-5-3-4-18(14-22)26-27-23-15-24(30(27)48-32-31(26)49-36(45)39-32)29-28(23)33(42)40(34(29)43)21-12-8-19(37)9-13-21/h3-14,23-24,26-30H,2,15-16H2,1H3,(H,38,41)(H,39,45)/t23-,24-,26+,27-,28+,29+,30-/m1/s1. The maximum Gasteiger partial charge on any atom is 0.338 e. The molecule has 0 radical (unpaired) electrons. The third-order valence-corrected chi connectivity index (χ3v) is 13.2. The van der Waals surface area contributed by atoms with E-state index in [0.717, 1.165) is 26.4 Å². The molecule has 3 amide bonds. The molecule has 2 aliphatic heterocycles. The van der Waals surface area contributed by atoms with Crippen molar-refractivity contribution in [3.05, 3.63) is 103 Å². The molecule has 0 spiro atoms. The third-order valence-electron chi connectivity index (χ3n) is 10.1. The van der Waals surface area contributed by atoms with Crippen molar-refractivity contribution < 1.29 is 28.7 Å². The Hall–Kier alpha value is -4.20. The summed E-state index contributed by atoms with van der Waals surface area (Å²) in [6, 6.07) is 21.3. The number of esters is 1. The molecule has 1 saturated heterocycles. The van der Waals surface area contributed by atoms with Crippen molar-refractivity contribution in [1.29, 1.82) is 0 Å². The van der Waals surface area contributed by atoms with Crippen LogP contribution in [0.25, 0.3) is 0 Å². The average Bonchev–Trinajstić information content (AvgIpc) is 3.83. The lowest BCUT2D eigenvalue weighted by molar-refractivity contribution is -0.123. The normalized spacial score (nSPS) is 26.2. The van der Waals surface area contributed by atoms with Crippen LogP contribution in [0.1, 0.15) is 40.1 Å². The quantitative estimate of drug-likeness (QED) is 0.163. The SMILES string of the molecule is CCOC(=O)c1ccc(NC(=O)COc2cccc([C@@H]3c4sc(=O)[nH]c4S[C@@H]4[C@@H]5C[C@@H]([C@@H]6C(=O)N(c7ccc(Br)cc7)C(=O)[C@@H]56)[C@H]34)c2)cc1. The number of amides is 3. The van der Waals surface area contributed by atoms with Gasteiger partial charge in [-0.3, -0.25) is 24.1 Å². The second-order valence-electron chi connectivity index (χ2n) is 12.7. The Balaban J connectivity index is 1.03. The number of hydrogen-bond acceptors (Lipinski definition) is 9. The molecular weight excluding hydrogens is 730 g/mol. The van der Waals surface area contributed by atoms with E-state index in [2.05, 4.69) is 26.2 Å². The molecule has 13 heteroatoms. The number of nitrogens with zero attached hydrogens (tertiary/aromatic N) is 1. The summed E-state index contributed by atoms with van der Waals surface area (Å²) in [6.45, 7) is 1.77. The lowest BCUT2D eigenvalue weighted by Gasteiger charge is -2.43. The van der Waals surface area contributed by atoms with Crippen LogP contribution in [-0.4, -0.2) is 47.1 Å². The first-order chi connectivity index (χ1) is 23.7. The zero-order valence-corrected chi connectivity index (χ0v) is 29.3. The van der Waals surface area contributed by atoms with Crippen molar-refractivity contribution in [3.8, 4) is 5.75 Å². The minimum Gasteiger partial charge on any atom is -0.484 e. The predicted octanol–water partition coefficient (Wildman–Crippen LogP) is 6.07. The first-order valence-electron chi connectivity index (χ1n) is 16.0. The Morgan fingerprint density at radius 1 is 0.980 bits per heavy atom. The molecule has 7 atom stereocenters. The van der Waals surface area contributed by atoms with E-state index in [1.54, 1.807) is 61.2 Å². The molecule has 3 heterocycles. The van der Waals surface area contributed by atoms with Gasteiger partial charge in [-0.15, -0.1) is 11.8 Å². The van der Waals surface area contributed by atoms with Crippen molar-refractivity contribution in [2.75, 3.05) is 23.4 Å². The van der Waals surface area contributed by atoms with Crippen LogP contribution in [0.4, 0.5) is 11.4 Å². The van der Waals surface area contributed by atoms with Crippen molar-refractivity contribution in [2.45, 2.75) is 29.5 Å². The molecule has 4 aliphatic rings. The third kappa shape index (κ3) is 5.51. The number of thioether (sulfide) groups is 1. The summed E-state index contributed by atoms with van der Waals surface area (Å²) in [5.41, 5.74) is 2.43. The molecule has 2 saturated carbocycles. The summed E-state index contributed by atoms with van der Waals surface area (Å²) in [7, 11) is 0. The van der Waals surface area contributed by atoms with Gasteiger partial charge in [0.2, 0.25) is 11.8 Å². The lowest BCUT2D eigenvalue weighted by atomic mass is 9.68. The fourth-order valence-electron chi connectivity index (χ4n) is 8.28. The number of benzene rings is 3. The van der Waals surface area contributed by atoms with Crippen LogP contribution < -0.4 is 19.8 Å². The second-order valence-corrected chi connectivity index (χ2v) is 15.8. The van der Waals surface area contributed by atoms with Gasteiger partial charge in [-0.25, -0.2) is 4.79 Å².